The van der Waals surface area contributed by atoms with Crippen molar-refractivity contribution in [3.63, 3.8) is 0 Å². The van der Waals surface area contributed by atoms with E-state index < -0.39 is 29.8 Å². The zero-order chi connectivity index (χ0) is 16.1. The Hall–Kier alpha value is -1.53. The van der Waals surface area contributed by atoms with Gasteiger partial charge in [0.2, 0.25) is 0 Å². The molecule has 0 amide bonds. The smallest absolute Gasteiger partial charge is 0.335 e. The van der Waals surface area contributed by atoms with E-state index in [-0.39, 0.29) is 11.7 Å². The van der Waals surface area contributed by atoms with Gasteiger partial charge in [0, 0.05) is 18.2 Å². The lowest BCUT2D eigenvalue weighted by Crippen LogP contribution is -2.28. The summed E-state index contributed by atoms with van der Waals surface area (Å²) in [6, 6.07) is 3.15. The summed E-state index contributed by atoms with van der Waals surface area (Å²) < 4.78 is 42.5. The summed E-state index contributed by atoms with van der Waals surface area (Å²) in [4.78, 5) is 11.9. The highest BCUT2D eigenvalue weighted by atomic mass is 19.1. The summed E-state index contributed by atoms with van der Waals surface area (Å²) in [5.41, 5.74) is 0.126. The Balaban J connectivity index is 1.84. The van der Waals surface area contributed by atoms with Gasteiger partial charge in [-0.25, -0.2) is 13.6 Å². The van der Waals surface area contributed by atoms with E-state index in [9.17, 15) is 13.6 Å². The summed E-state index contributed by atoms with van der Waals surface area (Å²) in [5.74, 6) is -2.00. The SMILES string of the molecule is CC(OCC1CCCO1)C(=O)OC(C)c1ccc(F)cc1F. The van der Waals surface area contributed by atoms with Crippen molar-refractivity contribution in [3.05, 3.63) is 35.4 Å². The van der Waals surface area contributed by atoms with Gasteiger partial charge in [0.25, 0.3) is 0 Å². The van der Waals surface area contributed by atoms with Crippen LogP contribution in [0.2, 0.25) is 0 Å². The Morgan fingerprint density at radius 1 is 1.41 bits per heavy atom. The summed E-state index contributed by atoms with van der Waals surface area (Å²) in [7, 11) is 0. The number of carbonyl (C=O) groups is 1. The molecule has 0 aliphatic carbocycles. The monoisotopic (exact) mass is 314 g/mol. The van der Waals surface area contributed by atoms with E-state index in [0.717, 1.165) is 25.0 Å². The molecule has 0 saturated carbocycles. The van der Waals surface area contributed by atoms with Gasteiger partial charge in [0.15, 0.2) is 6.10 Å². The van der Waals surface area contributed by atoms with Crippen LogP contribution in [0.25, 0.3) is 0 Å². The third-order valence-corrected chi connectivity index (χ3v) is 3.58. The number of benzene rings is 1. The lowest BCUT2D eigenvalue weighted by molar-refractivity contribution is -0.163. The van der Waals surface area contributed by atoms with Gasteiger partial charge in [-0.15, -0.1) is 0 Å². The largest absolute Gasteiger partial charge is 0.456 e. The first-order valence-corrected chi connectivity index (χ1v) is 7.36. The van der Waals surface area contributed by atoms with Crippen molar-refractivity contribution in [1.82, 2.24) is 0 Å². The fourth-order valence-corrected chi connectivity index (χ4v) is 2.26. The predicted molar refractivity (Wildman–Crippen MR) is 75.3 cm³/mol. The zero-order valence-electron chi connectivity index (χ0n) is 12.7. The molecule has 22 heavy (non-hydrogen) atoms. The summed E-state index contributed by atoms with van der Waals surface area (Å²) in [5, 5.41) is 0. The molecule has 2 rings (SSSR count). The van der Waals surface area contributed by atoms with Gasteiger partial charge < -0.3 is 14.2 Å². The van der Waals surface area contributed by atoms with Crippen LogP contribution in [-0.4, -0.2) is 31.4 Å². The molecule has 122 valence electrons. The number of carbonyl (C=O) groups excluding carboxylic acids is 1. The van der Waals surface area contributed by atoms with Crippen molar-refractivity contribution in [3.8, 4) is 0 Å². The van der Waals surface area contributed by atoms with E-state index in [1.165, 1.54) is 13.0 Å². The van der Waals surface area contributed by atoms with Crippen LogP contribution in [-0.2, 0) is 19.0 Å². The molecule has 3 atom stereocenters. The van der Waals surface area contributed by atoms with E-state index in [4.69, 9.17) is 14.2 Å². The van der Waals surface area contributed by atoms with Crippen LogP contribution in [0.3, 0.4) is 0 Å². The second-order valence-electron chi connectivity index (χ2n) is 5.36. The van der Waals surface area contributed by atoms with Crippen molar-refractivity contribution in [2.75, 3.05) is 13.2 Å². The Kier molecular flexibility index (Phi) is 5.85. The quantitative estimate of drug-likeness (QED) is 0.757. The van der Waals surface area contributed by atoms with Gasteiger partial charge in [0.05, 0.1) is 12.7 Å². The molecule has 1 saturated heterocycles. The molecule has 0 radical (unpaired) electrons. The molecule has 0 N–H and O–H groups in total. The fraction of sp³-hybridized carbons (Fsp3) is 0.562. The molecular weight excluding hydrogens is 294 g/mol. The van der Waals surface area contributed by atoms with Crippen LogP contribution >= 0.6 is 0 Å². The number of hydrogen-bond acceptors (Lipinski definition) is 4. The first-order valence-electron chi connectivity index (χ1n) is 7.36. The van der Waals surface area contributed by atoms with Gasteiger partial charge in [-0.2, -0.15) is 0 Å². The Morgan fingerprint density at radius 3 is 2.82 bits per heavy atom. The maximum absolute atomic E-state index is 13.6. The minimum atomic E-state index is -0.818. The average Bonchev–Trinajstić information content (AvgIpc) is 2.97. The van der Waals surface area contributed by atoms with Crippen LogP contribution in [0.1, 0.15) is 38.4 Å². The fourth-order valence-electron chi connectivity index (χ4n) is 2.26. The van der Waals surface area contributed by atoms with Crippen molar-refractivity contribution in [1.29, 1.82) is 0 Å². The summed E-state index contributed by atoms with van der Waals surface area (Å²) >= 11 is 0. The maximum Gasteiger partial charge on any atom is 0.335 e. The normalized spacial score (nSPS) is 20.6. The van der Waals surface area contributed by atoms with Gasteiger partial charge in [0.1, 0.15) is 17.7 Å². The molecule has 1 fully saturated rings. The van der Waals surface area contributed by atoms with Crippen LogP contribution in [0.4, 0.5) is 8.78 Å². The van der Waals surface area contributed by atoms with Gasteiger partial charge in [-0.05, 0) is 38.8 Å². The lowest BCUT2D eigenvalue weighted by atomic mass is 10.1. The zero-order valence-corrected chi connectivity index (χ0v) is 12.7. The Bertz CT molecular complexity index is 515. The second kappa shape index (κ2) is 7.65. The number of rotatable bonds is 6. The van der Waals surface area contributed by atoms with E-state index in [0.29, 0.717) is 13.2 Å². The molecule has 4 nitrogen and oxygen atoms in total. The van der Waals surface area contributed by atoms with Crippen LogP contribution < -0.4 is 0 Å². The molecule has 1 aliphatic rings. The highest BCUT2D eigenvalue weighted by Gasteiger charge is 2.23. The molecule has 3 unspecified atom stereocenters. The topological polar surface area (TPSA) is 44.8 Å². The van der Waals surface area contributed by atoms with Crippen molar-refractivity contribution in [2.45, 2.75) is 45.0 Å². The number of halogens is 2. The molecule has 0 bridgehead atoms. The molecule has 1 aliphatic heterocycles. The van der Waals surface area contributed by atoms with Gasteiger partial charge in [-0.1, -0.05) is 0 Å². The lowest BCUT2D eigenvalue weighted by Gasteiger charge is -2.19. The average molecular weight is 314 g/mol. The summed E-state index contributed by atoms with van der Waals surface area (Å²) in [6.07, 6.45) is 0.339. The van der Waals surface area contributed by atoms with Crippen molar-refractivity contribution >= 4 is 5.97 Å². The molecule has 1 aromatic carbocycles. The highest BCUT2D eigenvalue weighted by Crippen LogP contribution is 2.22. The Labute approximate surface area is 128 Å². The highest BCUT2D eigenvalue weighted by molar-refractivity contribution is 5.74. The predicted octanol–water partition coefficient (Wildman–Crippen LogP) is 3.15. The van der Waals surface area contributed by atoms with Crippen LogP contribution in [0.5, 0.6) is 0 Å². The standard InChI is InChI=1S/C16H20F2O4/c1-10(14-6-5-12(17)8-15(14)18)22-16(19)11(2)21-9-13-4-3-7-20-13/h5-6,8,10-11,13H,3-4,7,9H2,1-2H3. The second-order valence-corrected chi connectivity index (χ2v) is 5.36. The van der Waals surface area contributed by atoms with Crippen LogP contribution in [0, 0.1) is 11.6 Å². The Morgan fingerprint density at radius 2 is 2.18 bits per heavy atom. The van der Waals surface area contributed by atoms with E-state index in [1.54, 1.807) is 6.92 Å². The number of hydrogen-bond donors (Lipinski definition) is 0. The van der Waals surface area contributed by atoms with E-state index in [1.807, 2.05) is 0 Å². The molecule has 1 aromatic rings. The van der Waals surface area contributed by atoms with Crippen molar-refractivity contribution in [2.24, 2.45) is 0 Å². The molecular formula is C16H20F2O4. The van der Waals surface area contributed by atoms with E-state index in [2.05, 4.69) is 0 Å². The van der Waals surface area contributed by atoms with Crippen molar-refractivity contribution < 1.29 is 27.8 Å². The third-order valence-electron chi connectivity index (χ3n) is 3.58. The molecule has 0 spiro atoms. The molecule has 0 aromatic heterocycles. The minimum absolute atomic E-state index is 0.0159. The summed E-state index contributed by atoms with van der Waals surface area (Å²) in [6.45, 7) is 4.15. The minimum Gasteiger partial charge on any atom is -0.456 e. The third kappa shape index (κ3) is 4.48. The first kappa shape index (κ1) is 16.8. The van der Waals surface area contributed by atoms with Gasteiger partial charge >= 0.3 is 5.97 Å². The number of ether oxygens (including phenoxy) is 3. The maximum atomic E-state index is 13.6. The molecule has 1 heterocycles. The molecule has 6 heteroatoms. The van der Waals surface area contributed by atoms with Gasteiger partial charge in [-0.3, -0.25) is 0 Å². The van der Waals surface area contributed by atoms with E-state index >= 15 is 0 Å². The number of esters is 1. The van der Waals surface area contributed by atoms with Crippen LogP contribution in [0.15, 0.2) is 18.2 Å². The first-order chi connectivity index (χ1) is 10.5.